The minimum atomic E-state index is 0.0800. The summed E-state index contributed by atoms with van der Waals surface area (Å²) < 4.78 is 0. The molecule has 0 heterocycles. The van der Waals surface area contributed by atoms with Crippen molar-refractivity contribution in [1.29, 1.82) is 0 Å². The third-order valence-corrected chi connectivity index (χ3v) is 2.80. The molecule has 0 saturated carbocycles. The van der Waals surface area contributed by atoms with Crippen LogP contribution in [0.5, 0.6) is 5.75 Å². The van der Waals surface area contributed by atoms with Crippen LogP contribution in [0.25, 0.3) is 11.1 Å². The summed E-state index contributed by atoms with van der Waals surface area (Å²) in [7, 11) is 0. The third-order valence-electron chi connectivity index (χ3n) is 2.80. The summed E-state index contributed by atoms with van der Waals surface area (Å²) in [5.41, 5.74) is 8.69. The second-order valence-corrected chi connectivity index (χ2v) is 4.28. The van der Waals surface area contributed by atoms with Crippen LogP contribution in [0.2, 0.25) is 0 Å². The Labute approximate surface area is 106 Å². The van der Waals surface area contributed by atoms with Gasteiger partial charge in [0.15, 0.2) is 0 Å². The number of nitrogens with two attached hydrogens (primary N) is 1. The van der Waals surface area contributed by atoms with Crippen LogP contribution in [0.15, 0.2) is 42.5 Å². The highest BCUT2D eigenvalue weighted by atomic mass is 16.3. The average molecular weight is 241 g/mol. The number of phenols is 1. The summed E-state index contributed by atoms with van der Waals surface area (Å²) in [5, 5.41) is 9.94. The average Bonchev–Trinajstić information content (AvgIpc) is 2.30. The first kappa shape index (κ1) is 12.2. The minimum absolute atomic E-state index is 0.0800. The summed E-state index contributed by atoms with van der Waals surface area (Å²) in [6.07, 6.45) is 0.337. The standard InChI is InChI=1S/C15H15NO2/c1-10(17)9-11-5-2-3-6-12(11)15-13(16)7-4-8-14(15)18/h2-8,18H,9,16H2,1H3. The van der Waals surface area contributed by atoms with E-state index >= 15 is 0 Å². The molecule has 3 nitrogen and oxygen atoms in total. The van der Waals surface area contributed by atoms with E-state index in [1.807, 2.05) is 24.3 Å². The molecule has 2 aromatic rings. The monoisotopic (exact) mass is 241 g/mol. The SMILES string of the molecule is CC(=O)Cc1ccccc1-c1c(N)cccc1O. The first-order valence-corrected chi connectivity index (χ1v) is 5.74. The van der Waals surface area contributed by atoms with Gasteiger partial charge >= 0.3 is 0 Å². The lowest BCUT2D eigenvalue weighted by molar-refractivity contribution is -0.116. The van der Waals surface area contributed by atoms with Crippen molar-refractivity contribution in [3.8, 4) is 16.9 Å². The molecule has 0 fully saturated rings. The molecule has 0 saturated heterocycles. The second-order valence-electron chi connectivity index (χ2n) is 4.28. The molecule has 0 aliphatic heterocycles. The molecule has 0 radical (unpaired) electrons. The Morgan fingerprint density at radius 3 is 2.56 bits per heavy atom. The number of carbonyl (C=O) groups excluding carboxylic acids is 1. The van der Waals surface area contributed by atoms with Gasteiger partial charge in [-0.15, -0.1) is 0 Å². The number of carbonyl (C=O) groups is 1. The number of rotatable bonds is 3. The van der Waals surface area contributed by atoms with Crippen molar-refractivity contribution in [2.24, 2.45) is 0 Å². The van der Waals surface area contributed by atoms with Crippen molar-refractivity contribution in [3.63, 3.8) is 0 Å². The predicted octanol–water partition coefficient (Wildman–Crippen LogP) is 2.77. The molecule has 0 aromatic heterocycles. The number of hydrogen-bond acceptors (Lipinski definition) is 3. The summed E-state index contributed by atoms with van der Waals surface area (Å²) in [6, 6.07) is 12.5. The normalized spacial score (nSPS) is 10.3. The van der Waals surface area contributed by atoms with Gasteiger partial charge < -0.3 is 10.8 Å². The Balaban J connectivity index is 2.60. The van der Waals surface area contributed by atoms with Gasteiger partial charge in [-0.3, -0.25) is 4.79 Å². The van der Waals surface area contributed by atoms with Crippen molar-refractivity contribution in [2.45, 2.75) is 13.3 Å². The van der Waals surface area contributed by atoms with Crippen LogP contribution in [-0.2, 0) is 11.2 Å². The number of nitrogen functional groups attached to an aromatic ring is 1. The number of ketones is 1. The molecule has 0 amide bonds. The maximum Gasteiger partial charge on any atom is 0.134 e. The molecule has 0 atom stereocenters. The largest absolute Gasteiger partial charge is 0.507 e. The van der Waals surface area contributed by atoms with E-state index in [-0.39, 0.29) is 11.5 Å². The maximum absolute atomic E-state index is 11.3. The molecule has 18 heavy (non-hydrogen) atoms. The third kappa shape index (κ3) is 2.35. The van der Waals surface area contributed by atoms with Crippen LogP contribution < -0.4 is 5.73 Å². The number of Topliss-reactive ketones (excluding diaryl/α,β-unsaturated/α-hetero) is 1. The fourth-order valence-corrected chi connectivity index (χ4v) is 2.04. The highest BCUT2D eigenvalue weighted by Crippen LogP contribution is 2.36. The van der Waals surface area contributed by atoms with Crippen molar-refractivity contribution in [1.82, 2.24) is 0 Å². The summed E-state index contributed by atoms with van der Waals surface area (Å²) in [5.74, 6) is 0.211. The van der Waals surface area contributed by atoms with Gasteiger partial charge in [-0.2, -0.15) is 0 Å². The molecule has 3 heteroatoms. The maximum atomic E-state index is 11.3. The van der Waals surface area contributed by atoms with Crippen molar-refractivity contribution < 1.29 is 9.90 Å². The Kier molecular flexibility index (Phi) is 3.33. The fourth-order valence-electron chi connectivity index (χ4n) is 2.04. The predicted molar refractivity (Wildman–Crippen MR) is 72.3 cm³/mol. The van der Waals surface area contributed by atoms with Crippen LogP contribution in [-0.4, -0.2) is 10.9 Å². The Hall–Kier alpha value is -2.29. The van der Waals surface area contributed by atoms with Gasteiger partial charge in [-0.1, -0.05) is 30.3 Å². The van der Waals surface area contributed by atoms with Gasteiger partial charge in [-0.25, -0.2) is 0 Å². The molecule has 0 bridgehead atoms. The van der Waals surface area contributed by atoms with E-state index in [4.69, 9.17) is 5.73 Å². The van der Waals surface area contributed by atoms with Gasteiger partial charge in [-0.05, 0) is 30.2 Å². The molecular weight excluding hydrogens is 226 g/mol. The van der Waals surface area contributed by atoms with E-state index < -0.39 is 0 Å². The van der Waals surface area contributed by atoms with E-state index in [1.165, 1.54) is 0 Å². The zero-order valence-electron chi connectivity index (χ0n) is 10.2. The van der Waals surface area contributed by atoms with Gasteiger partial charge in [0, 0.05) is 17.7 Å². The molecule has 2 rings (SSSR count). The zero-order valence-corrected chi connectivity index (χ0v) is 10.2. The molecule has 0 aliphatic rings. The Morgan fingerprint density at radius 2 is 1.89 bits per heavy atom. The number of anilines is 1. The molecule has 3 N–H and O–H groups in total. The van der Waals surface area contributed by atoms with E-state index in [0.717, 1.165) is 11.1 Å². The van der Waals surface area contributed by atoms with Crippen LogP contribution in [0.4, 0.5) is 5.69 Å². The van der Waals surface area contributed by atoms with E-state index in [1.54, 1.807) is 25.1 Å². The number of aromatic hydroxyl groups is 1. The lowest BCUT2D eigenvalue weighted by Gasteiger charge is -2.12. The Morgan fingerprint density at radius 1 is 1.17 bits per heavy atom. The molecular formula is C15H15NO2. The molecule has 0 unspecified atom stereocenters. The van der Waals surface area contributed by atoms with Gasteiger partial charge in [0.05, 0.1) is 0 Å². The summed E-state index contributed by atoms with van der Waals surface area (Å²) >= 11 is 0. The highest BCUT2D eigenvalue weighted by molar-refractivity contribution is 5.87. The topological polar surface area (TPSA) is 63.3 Å². The summed E-state index contributed by atoms with van der Waals surface area (Å²) in [6.45, 7) is 1.55. The number of hydrogen-bond donors (Lipinski definition) is 2. The van der Waals surface area contributed by atoms with E-state index in [9.17, 15) is 9.90 Å². The fraction of sp³-hybridized carbons (Fsp3) is 0.133. The minimum Gasteiger partial charge on any atom is -0.507 e. The molecule has 0 spiro atoms. The zero-order chi connectivity index (χ0) is 13.1. The highest BCUT2D eigenvalue weighted by Gasteiger charge is 2.12. The van der Waals surface area contributed by atoms with Crippen LogP contribution >= 0.6 is 0 Å². The first-order chi connectivity index (χ1) is 8.59. The molecule has 0 aliphatic carbocycles. The van der Waals surface area contributed by atoms with Crippen molar-refractivity contribution in [3.05, 3.63) is 48.0 Å². The van der Waals surface area contributed by atoms with Crippen molar-refractivity contribution >= 4 is 11.5 Å². The van der Waals surface area contributed by atoms with E-state index in [0.29, 0.717) is 17.7 Å². The van der Waals surface area contributed by atoms with Crippen LogP contribution in [0.3, 0.4) is 0 Å². The van der Waals surface area contributed by atoms with Crippen molar-refractivity contribution in [2.75, 3.05) is 5.73 Å². The quantitative estimate of drug-likeness (QED) is 0.812. The Bertz CT molecular complexity index is 571. The smallest absolute Gasteiger partial charge is 0.134 e. The van der Waals surface area contributed by atoms with E-state index in [2.05, 4.69) is 0 Å². The van der Waals surface area contributed by atoms with Gasteiger partial charge in [0.25, 0.3) is 0 Å². The molecule has 2 aromatic carbocycles. The lowest BCUT2D eigenvalue weighted by atomic mass is 9.95. The molecule has 92 valence electrons. The first-order valence-electron chi connectivity index (χ1n) is 5.74. The summed E-state index contributed by atoms with van der Waals surface area (Å²) in [4.78, 5) is 11.3. The number of benzene rings is 2. The number of phenolic OH excluding ortho intramolecular Hbond substituents is 1. The van der Waals surface area contributed by atoms with Crippen LogP contribution in [0, 0.1) is 0 Å². The van der Waals surface area contributed by atoms with Gasteiger partial charge in [0.2, 0.25) is 0 Å². The second kappa shape index (κ2) is 4.92. The van der Waals surface area contributed by atoms with Gasteiger partial charge in [0.1, 0.15) is 11.5 Å². The van der Waals surface area contributed by atoms with Crippen LogP contribution in [0.1, 0.15) is 12.5 Å². The lowest BCUT2D eigenvalue weighted by Crippen LogP contribution is -2.00.